The number of likely N-dealkylation sites (tertiary alicyclic amines) is 1. The summed E-state index contributed by atoms with van der Waals surface area (Å²) >= 11 is 6.07. The molecule has 1 aliphatic rings. The standard InChI is InChI=1S/C16H21ClN6O2/c1-15(2,3)25-14(24)23-6-5-16(4,8-23)22-13-18-7-10-11(21-13)12(17)20-9-19-10/h7,9H,5-6,8H2,1-4H3,(H,18,21,22)/t16-/m0/s1. The van der Waals surface area contributed by atoms with Crippen molar-refractivity contribution in [2.75, 3.05) is 18.4 Å². The summed E-state index contributed by atoms with van der Waals surface area (Å²) in [4.78, 5) is 30.6. The van der Waals surface area contributed by atoms with E-state index in [2.05, 4.69) is 25.3 Å². The van der Waals surface area contributed by atoms with Crippen LogP contribution in [0.2, 0.25) is 5.15 Å². The molecule has 134 valence electrons. The first-order valence-corrected chi connectivity index (χ1v) is 8.42. The van der Waals surface area contributed by atoms with Gasteiger partial charge in [0.25, 0.3) is 0 Å². The lowest BCUT2D eigenvalue weighted by Gasteiger charge is -2.28. The van der Waals surface area contributed by atoms with Gasteiger partial charge in [-0.2, -0.15) is 0 Å². The molecule has 9 heteroatoms. The van der Waals surface area contributed by atoms with Gasteiger partial charge in [-0.1, -0.05) is 11.6 Å². The summed E-state index contributed by atoms with van der Waals surface area (Å²) in [7, 11) is 0. The second-order valence-electron chi connectivity index (χ2n) is 7.43. The Morgan fingerprint density at radius 3 is 2.84 bits per heavy atom. The van der Waals surface area contributed by atoms with Crippen molar-refractivity contribution >= 4 is 34.7 Å². The minimum atomic E-state index is -0.512. The summed E-state index contributed by atoms with van der Waals surface area (Å²) in [6.07, 6.45) is 3.42. The van der Waals surface area contributed by atoms with E-state index in [1.54, 1.807) is 11.1 Å². The molecule has 1 aliphatic heterocycles. The Bertz CT molecular complexity index is 809. The molecule has 1 atom stereocenters. The highest BCUT2D eigenvalue weighted by Gasteiger charge is 2.38. The molecule has 0 radical (unpaired) electrons. The molecule has 1 saturated heterocycles. The summed E-state index contributed by atoms with van der Waals surface area (Å²) in [6.45, 7) is 8.69. The van der Waals surface area contributed by atoms with Crippen molar-refractivity contribution in [1.82, 2.24) is 24.8 Å². The molecule has 1 fully saturated rings. The number of nitrogens with one attached hydrogen (secondary N) is 1. The van der Waals surface area contributed by atoms with Crippen LogP contribution in [0.15, 0.2) is 12.5 Å². The zero-order valence-corrected chi connectivity index (χ0v) is 15.5. The third-order valence-corrected chi connectivity index (χ3v) is 4.15. The molecule has 25 heavy (non-hydrogen) atoms. The van der Waals surface area contributed by atoms with Crippen LogP contribution in [0.25, 0.3) is 11.0 Å². The number of aromatic nitrogens is 4. The number of fused-ring (bicyclic) bond motifs is 1. The zero-order valence-electron chi connectivity index (χ0n) is 14.7. The van der Waals surface area contributed by atoms with Crippen molar-refractivity contribution in [3.05, 3.63) is 17.7 Å². The van der Waals surface area contributed by atoms with Crippen molar-refractivity contribution < 1.29 is 9.53 Å². The smallest absolute Gasteiger partial charge is 0.410 e. The van der Waals surface area contributed by atoms with E-state index in [9.17, 15) is 4.79 Å². The monoisotopic (exact) mass is 364 g/mol. The van der Waals surface area contributed by atoms with Gasteiger partial charge in [0.2, 0.25) is 5.95 Å². The van der Waals surface area contributed by atoms with E-state index in [0.717, 1.165) is 6.42 Å². The third kappa shape index (κ3) is 4.07. The number of carbonyl (C=O) groups excluding carboxylic acids is 1. The highest BCUT2D eigenvalue weighted by atomic mass is 35.5. The number of rotatable bonds is 2. The van der Waals surface area contributed by atoms with E-state index in [0.29, 0.717) is 30.1 Å². The largest absolute Gasteiger partial charge is 0.444 e. The maximum absolute atomic E-state index is 12.2. The Morgan fingerprint density at radius 2 is 2.12 bits per heavy atom. The normalized spacial score (nSPS) is 20.8. The van der Waals surface area contributed by atoms with Gasteiger partial charge in [0, 0.05) is 13.1 Å². The van der Waals surface area contributed by atoms with E-state index in [-0.39, 0.29) is 16.8 Å². The quantitative estimate of drug-likeness (QED) is 0.819. The average molecular weight is 365 g/mol. The lowest BCUT2D eigenvalue weighted by molar-refractivity contribution is 0.0287. The molecule has 2 aromatic rings. The highest BCUT2D eigenvalue weighted by molar-refractivity contribution is 6.33. The van der Waals surface area contributed by atoms with E-state index in [1.165, 1.54) is 6.33 Å². The minimum absolute atomic E-state index is 0.280. The van der Waals surface area contributed by atoms with Crippen LogP contribution in [-0.4, -0.2) is 55.2 Å². The molecule has 8 nitrogen and oxygen atoms in total. The molecule has 0 saturated carbocycles. The molecule has 3 rings (SSSR count). The van der Waals surface area contributed by atoms with Crippen molar-refractivity contribution in [1.29, 1.82) is 0 Å². The fraction of sp³-hybridized carbons (Fsp3) is 0.562. The van der Waals surface area contributed by atoms with Gasteiger partial charge >= 0.3 is 6.09 Å². The van der Waals surface area contributed by atoms with Crippen LogP contribution < -0.4 is 5.32 Å². The summed E-state index contributed by atoms with van der Waals surface area (Å²) in [5.74, 6) is 0.428. The van der Waals surface area contributed by atoms with Gasteiger partial charge in [0.1, 0.15) is 23.0 Å². The summed E-state index contributed by atoms with van der Waals surface area (Å²) in [5.41, 5.74) is 0.207. The number of carbonyl (C=O) groups is 1. The molecule has 1 N–H and O–H groups in total. The van der Waals surface area contributed by atoms with Crippen LogP contribution in [0.5, 0.6) is 0 Å². The highest BCUT2D eigenvalue weighted by Crippen LogP contribution is 2.27. The van der Waals surface area contributed by atoms with Crippen molar-refractivity contribution in [3.8, 4) is 0 Å². The van der Waals surface area contributed by atoms with Gasteiger partial charge in [-0.3, -0.25) is 0 Å². The second kappa shape index (κ2) is 6.25. The predicted molar refractivity (Wildman–Crippen MR) is 94.6 cm³/mol. The summed E-state index contributed by atoms with van der Waals surface area (Å²) < 4.78 is 5.43. The van der Waals surface area contributed by atoms with Gasteiger partial charge in [0.15, 0.2) is 5.15 Å². The van der Waals surface area contributed by atoms with Crippen LogP contribution in [-0.2, 0) is 4.74 Å². The van der Waals surface area contributed by atoms with Gasteiger partial charge in [-0.05, 0) is 34.1 Å². The SMILES string of the molecule is CC(C)(C)OC(=O)N1CC[C@](C)(Nc2ncc3ncnc(Cl)c3n2)C1. The lowest BCUT2D eigenvalue weighted by Crippen LogP contribution is -2.42. The van der Waals surface area contributed by atoms with Gasteiger partial charge in [0.05, 0.1) is 11.7 Å². The molecule has 0 spiro atoms. The number of nitrogens with zero attached hydrogens (tertiary/aromatic N) is 5. The van der Waals surface area contributed by atoms with Crippen molar-refractivity contribution in [3.63, 3.8) is 0 Å². The fourth-order valence-electron chi connectivity index (χ4n) is 2.70. The third-order valence-electron chi connectivity index (χ3n) is 3.87. The second-order valence-corrected chi connectivity index (χ2v) is 7.79. The van der Waals surface area contributed by atoms with Gasteiger partial charge < -0.3 is 15.0 Å². The summed E-state index contributed by atoms with van der Waals surface area (Å²) in [5, 5.41) is 3.58. The predicted octanol–water partition coefficient (Wildman–Crippen LogP) is 2.88. The Balaban J connectivity index is 1.73. The van der Waals surface area contributed by atoms with E-state index >= 15 is 0 Å². The molecule has 1 amide bonds. The summed E-state index contributed by atoms with van der Waals surface area (Å²) in [6, 6.07) is 0. The molecule has 0 bridgehead atoms. The van der Waals surface area contributed by atoms with E-state index < -0.39 is 5.60 Å². The molecule has 2 aromatic heterocycles. The molecular formula is C16H21ClN6O2. The Kier molecular flexibility index (Phi) is 4.40. The number of hydrogen-bond acceptors (Lipinski definition) is 7. The van der Waals surface area contributed by atoms with Crippen molar-refractivity contribution in [2.24, 2.45) is 0 Å². The first-order chi connectivity index (χ1) is 11.7. The van der Waals surface area contributed by atoms with Crippen LogP contribution in [0.3, 0.4) is 0 Å². The van der Waals surface area contributed by atoms with Crippen LogP contribution in [0.4, 0.5) is 10.7 Å². The maximum Gasteiger partial charge on any atom is 0.410 e. The first kappa shape index (κ1) is 17.6. The van der Waals surface area contributed by atoms with E-state index in [1.807, 2.05) is 27.7 Å². The molecule has 0 aromatic carbocycles. The average Bonchev–Trinajstić information content (AvgIpc) is 2.89. The Labute approximate surface area is 151 Å². The number of anilines is 1. The van der Waals surface area contributed by atoms with Crippen molar-refractivity contribution in [2.45, 2.75) is 45.3 Å². The van der Waals surface area contributed by atoms with Crippen LogP contribution >= 0.6 is 11.6 Å². The molecule has 3 heterocycles. The lowest BCUT2D eigenvalue weighted by atomic mass is 10.0. The van der Waals surface area contributed by atoms with Crippen LogP contribution in [0.1, 0.15) is 34.1 Å². The number of hydrogen-bond donors (Lipinski definition) is 1. The van der Waals surface area contributed by atoms with Gasteiger partial charge in [-0.25, -0.2) is 24.7 Å². The maximum atomic E-state index is 12.2. The number of halogens is 1. The number of amides is 1. The minimum Gasteiger partial charge on any atom is -0.444 e. The topological polar surface area (TPSA) is 93.1 Å². The molecule has 0 aliphatic carbocycles. The van der Waals surface area contributed by atoms with E-state index in [4.69, 9.17) is 16.3 Å². The Morgan fingerprint density at radius 1 is 1.36 bits per heavy atom. The van der Waals surface area contributed by atoms with Gasteiger partial charge in [-0.15, -0.1) is 0 Å². The van der Waals surface area contributed by atoms with Crippen LogP contribution in [0, 0.1) is 0 Å². The molecular weight excluding hydrogens is 344 g/mol. The first-order valence-electron chi connectivity index (χ1n) is 8.05. The number of ether oxygens (including phenoxy) is 1. The fourth-order valence-corrected chi connectivity index (χ4v) is 2.88. The Hall–Kier alpha value is -2.22. The zero-order chi connectivity index (χ0) is 18.2. The molecule has 0 unspecified atom stereocenters.